The lowest BCUT2D eigenvalue weighted by molar-refractivity contribution is -0.150. The standard InChI is InChI=1S/C18H27NO2/c1-2-16(15-7-4-3-5-8-15)17-9-6-10-19(17)11-18(12-20)13-21-14-18/h3-5,7-8,16-17,20H,2,6,9-14H2,1H3. The summed E-state index contributed by atoms with van der Waals surface area (Å²) < 4.78 is 5.36. The van der Waals surface area contributed by atoms with Gasteiger partial charge in [0.2, 0.25) is 0 Å². The molecule has 21 heavy (non-hydrogen) atoms. The maximum Gasteiger partial charge on any atom is 0.0579 e. The molecule has 2 atom stereocenters. The first-order valence-electron chi connectivity index (χ1n) is 8.25. The number of ether oxygens (including phenoxy) is 1. The van der Waals surface area contributed by atoms with Crippen molar-refractivity contribution < 1.29 is 9.84 Å². The Balaban J connectivity index is 1.73. The number of rotatable bonds is 6. The molecule has 0 bridgehead atoms. The molecule has 0 amide bonds. The summed E-state index contributed by atoms with van der Waals surface area (Å²) in [5.74, 6) is 0.602. The van der Waals surface area contributed by atoms with Gasteiger partial charge in [0, 0.05) is 12.6 Å². The molecule has 2 saturated heterocycles. The Hall–Kier alpha value is -0.900. The van der Waals surface area contributed by atoms with E-state index in [1.807, 2.05) is 0 Å². The number of nitrogens with zero attached hydrogens (tertiary/aromatic N) is 1. The van der Waals surface area contributed by atoms with Crippen LogP contribution >= 0.6 is 0 Å². The molecule has 0 aromatic heterocycles. The summed E-state index contributed by atoms with van der Waals surface area (Å²) in [5.41, 5.74) is 1.46. The summed E-state index contributed by atoms with van der Waals surface area (Å²) >= 11 is 0. The van der Waals surface area contributed by atoms with Gasteiger partial charge in [-0.2, -0.15) is 0 Å². The largest absolute Gasteiger partial charge is 0.396 e. The first-order chi connectivity index (χ1) is 10.3. The fraction of sp³-hybridized carbons (Fsp3) is 0.667. The number of likely N-dealkylation sites (tertiary alicyclic amines) is 1. The summed E-state index contributed by atoms with van der Waals surface area (Å²) in [6.45, 7) is 6.12. The van der Waals surface area contributed by atoms with Crippen LogP contribution in [0.1, 0.15) is 37.7 Å². The van der Waals surface area contributed by atoms with Crippen molar-refractivity contribution in [3.05, 3.63) is 35.9 Å². The van der Waals surface area contributed by atoms with Gasteiger partial charge < -0.3 is 9.84 Å². The van der Waals surface area contributed by atoms with E-state index in [0.29, 0.717) is 12.0 Å². The van der Waals surface area contributed by atoms with E-state index in [2.05, 4.69) is 42.2 Å². The summed E-state index contributed by atoms with van der Waals surface area (Å²) in [6, 6.07) is 11.5. The van der Waals surface area contributed by atoms with Gasteiger partial charge in [0.1, 0.15) is 0 Å². The highest BCUT2D eigenvalue weighted by atomic mass is 16.5. The minimum Gasteiger partial charge on any atom is -0.396 e. The van der Waals surface area contributed by atoms with Crippen LogP contribution in [-0.2, 0) is 4.74 Å². The second-order valence-electron chi connectivity index (χ2n) is 6.76. The van der Waals surface area contributed by atoms with Gasteiger partial charge in [0.05, 0.1) is 25.2 Å². The zero-order chi connectivity index (χ0) is 14.7. The molecule has 3 rings (SSSR count). The molecule has 0 radical (unpaired) electrons. The van der Waals surface area contributed by atoms with Crippen LogP contribution in [-0.4, -0.2) is 49.0 Å². The predicted octanol–water partition coefficient (Wildman–Crippen LogP) is 2.65. The van der Waals surface area contributed by atoms with Crippen LogP contribution in [0.5, 0.6) is 0 Å². The molecule has 1 aromatic carbocycles. The molecule has 3 nitrogen and oxygen atoms in total. The van der Waals surface area contributed by atoms with E-state index in [1.165, 1.54) is 24.8 Å². The minimum atomic E-state index is -0.00241. The minimum absolute atomic E-state index is 0.00241. The summed E-state index contributed by atoms with van der Waals surface area (Å²) in [4.78, 5) is 2.61. The smallest absolute Gasteiger partial charge is 0.0579 e. The average Bonchev–Trinajstić information content (AvgIpc) is 2.93. The molecule has 1 N–H and O–H groups in total. The first-order valence-corrected chi connectivity index (χ1v) is 8.25. The zero-order valence-electron chi connectivity index (χ0n) is 13.0. The van der Waals surface area contributed by atoms with Crippen LogP contribution < -0.4 is 0 Å². The van der Waals surface area contributed by atoms with E-state index in [1.54, 1.807) is 0 Å². The number of hydrogen-bond acceptors (Lipinski definition) is 3. The van der Waals surface area contributed by atoms with Gasteiger partial charge in [-0.1, -0.05) is 37.3 Å². The second-order valence-corrected chi connectivity index (χ2v) is 6.76. The van der Waals surface area contributed by atoms with E-state index in [9.17, 15) is 5.11 Å². The summed E-state index contributed by atoms with van der Waals surface area (Å²) in [6.07, 6.45) is 3.72. The van der Waals surface area contributed by atoms with Gasteiger partial charge in [0.25, 0.3) is 0 Å². The average molecular weight is 289 g/mol. The molecule has 0 spiro atoms. The Labute approximate surface area is 127 Å². The van der Waals surface area contributed by atoms with Crippen LogP contribution in [0.15, 0.2) is 30.3 Å². The first kappa shape index (κ1) is 15.0. The summed E-state index contributed by atoms with van der Waals surface area (Å²) in [5, 5.41) is 9.69. The van der Waals surface area contributed by atoms with E-state index < -0.39 is 0 Å². The van der Waals surface area contributed by atoms with E-state index in [0.717, 1.165) is 26.3 Å². The SMILES string of the molecule is CCC(c1ccccc1)C1CCCN1CC1(CO)COC1. The van der Waals surface area contributed by atoms with Crippen molar-refractivity contribution in [3.63, 3.8) is 0 Å². The highest BCUT2D eigenvalue weighted by molar-refractivity contribution is 5.22. The molecule has 1 aromatic rings. The van der Waals surface area contributed by atoms with Gasteiger partial charge in [-0.3, -0.25) is 4.90 Å². The lowest BCUT2D eigenvalue weighted by atomic mass is 9.83. The molecular formula is C18H27NO2. The maximum atomic E-state index is 9.69. The molecule has 2 aliphatic heterocycles. The quantitative estimate of drug-likeness (QED) is 0.874. The van der Waals surface area contributed by atoms with E-state index >= 15 is 0 Å². The molecule has 0 aliphatic carbocycles. The third-order valence-electron chi connectivity index (χ3n) is 5.24. The van der Waals surface area contributed by atoms with Crippen molar-refractivity contribution in [2.45, 2.75) is 38.1 Å². The van der Waals surface area contributed by atoms with Gasteiger partial charge in [-0.15, -0.1) is 0 Å². The number of aliphatic hydroxyl groups is 1. The van der Waals surface area contributed by atoms with Gasteiger partial charge in [0.15, 0.2) is 0 Å². The highest BCUT2D eigenvalue weighted by Crippen LogP contribution is 2.37. The van der Waals surface area contributed by atoms with E-state index in [4.69, 9.17) is 4.74 Å². The van der Waals surface area contributed by atoms with Crippen molar-refractivity contribution in [2.24, 2.45) is 5.41 Å². The Kier molecular flexibility index (Phi) is 4.63. The van der Waals surface area contributed by atoms with Crippen LogP contribution in [0.2, 0.25) is 0 Å². The van der Waals surface area contributed by atoms with Crippen LogP contribution in [0, 0.1) is 5.41 Å². The fourth-order valence-electron chi connectivity index (χ4n) is 3.99. The van der Waals surface area contributed by atoms with Crippen LogP contribution in [0.3, 0.4) is 0 Å². The van der Waals surface area contributed by atoms with Crippen molar-refractivity contribution in [1.29, 1.82) is 0 Å². The monoisotopic (exact) mass is 289 g/mol. The third kappa shape index (κ3) is 3.01. The molecule has 2 fully saturated rings. The highest BCUT2D eigenvalue weighted by Gasteiger charge is 2.43. The summed E-state index contributed by atoms with van der Waals surface area (Å²) in [7, 11) is 0. The van der Waals surface area contributed by atoms with Crippen molar-refractivity contribution in [2.75, 3.05) is 32.9 Å². The molecule has 2 heterocycles. The Morgan fingerprint density at radius 3 is 2.67 bits per heavy atom. The number of benzene rings is 1. The van der Waals surface area contributed by atoms with Crippen molar-refractivity contribution >= 4 is 0 Å². The van der Waals surface area contributed by atoms with Gasteiger partial charge in [-0.25, -0.2) is 0 Å². The molecular weight excluding hydrogens is 262 g/mol. The third-order valence-corrected chi connectivity index (χ3v) is 5.24. The van der Waals surface area contributed by atoms with Gasteiger partial charge in [-0.05, 0) is 37.3 Å². The molecule has 0 saturated carbocycles. The zero-order valence-corrected chi connectivity index (χ0v) is 13.0. The predicted molar refractivity (Wildman–Crippen MR) is 84.4 cm³/mol. The van der Waals surface area contributed by atoms with E-state index in [-0.39, 0.29) is 12.0 Å². The number of hydrogen-bond donors (Lipinski definition) is 1. The second kappa shape index (κ2) is 6.47. The molecule has 2 aliphatic rings. The van der Waals surface area contributed by atoms with Crippen molar-refractivity contribution in [3.8, 4) is 0 Å². The van der Waals surface area contributed by atoms with Gasteiger partial charge >= 0.3 is 0 Å². The number of aliphatic hydroxyl groups excluding tert-OH is 1. The lowest BCUT2D eigenvalue weighted by Gasteiger charge is -2.44. The fourth-order valence-corrected chi connectivity index (χ4v) is 3.99. The Morgan fingerprint density at radius 1 is 1.33 bits per heavy atom. The Morgan fingerprint density at radius 2 is 2.10 bits per heavy atom. The van der Waals surface area contributed by atoms with Crippen LogP contribution in [0.4, 0.5) is 0 Å². The molecule has 2 unspecified atom stereocenters. The maximum absolute atomic E-state index is 9.69. The lowest BCUT2D eigenvalue weighted by Crippen LogP contribution is -2.54. The van der Waals surface area contributed by atoms with Crippen LogP contribution in [0.25, 0.3) is 0 Å². The molecule has 3 heteroatoms. The topological polar surface area (TPSA) is 32.7 Å². The Bertz CT molecular complexity index is 438. The molecule has 116 valence electrons. The normalized spacial score (nSPS) is 26.5. The van der Waals surface area contributed by atoms with Crippen molar-refractivity contribution in [1.82, 2.24) is 4.90 Å².